The maximum atomic E-state index is 12.8. The summed E-state index contributed by atoms with van der Waals surface area (Å²) in [6.45, 7) is 6.49. The topological polar surface area (TPSA) is 78.9 Å². The maximum absolute atomic E-state index is 12.8. The van der Waals surface area contributed by atoms with Crippen molar-refractivity contribution in [3.8, 4) is 0 Å². The van der Waals surface area contributed by atoms with Crippen LogP contribution >= 0.6 is 0 Å². The highest BCUT2D eigenvalue weighted by Crippen LogP contribution is 2.15. The van der Waals surface area contributed by atoms with E-state index in [4.69, 9.17) is 14.2 Å². The quantitative estimate of drug-likeness (QED) is 0.0261. The van der Waals surface area contributed by atoms with Gasteiger partial charge in [0.05, 0.1) is 0 Å². The van der Waals surface area contributed by atoms with Gasteiger partial charge < -0.3 is 14.2 Å². The molecule has 0 bridgehead atoms. The lowest BCUT2D eigenvalue weighted by Gasteiger charge is -2.18. The fourth-order valence-electron chi connectivity index (χ4n) is 7.83. The van der Waals surface area contributed by atoms with Crippen LogP contribution in [0.2, 0.25) is 0 Å². The van der Waals surface area contributed by atoms with Crippen LogP contribution < -0.4 is 0 Å². The highest BCUT2D eigenvalue weighted by Gasteiger charge is 2.19. The van der Waals surface area contributed by atoms with Crippen molar-refractivity contribution in [2.24, 2.45) is 0 Å². The number of esters is 3. The van der Waals surface area contributed by atoms with Crippen molar-refractivity contribution in [1.29, 1.82) is 0 Å². The van der Waals surface area contributed by atoms with E-state index in [-0.39, 0.29) is 44.0 Å². The van der Waals surface area contributed by atoms with Gasteiger partial charge in [-0.3, -0.25) is 14.4 Å². The van der Waals surface area contributed by atoms with E-state index >= 15 is 0 Å². The normalized spacial score (nSPS) is 12.9. The van der Waals surface area contributed by atoms with Gasteiger partial charge in [-0.05, 0) is 96.3 Å². The molecule has 0 saturated carbocycles. The second-order valence-electron chi connectivity index (χ2n) is 19.2. The Morgan fingerprint density at radius 1 is 0.282 bits per heavy atom. The van der Waals surface area contributed by atoms with Gasteiger partial charge in [0.15, 0.2) is 6.10 Å². The summed E-state index contributed by atoms with van der Waals surface area (Å²) in [6, 6.07) is 0. The number of unbranched alkanes of at least 4 members (excludes halogenated alkanes) is 23. The largest absolute Gasteiger partial charge is 0.462 e. The van der Waals surface area contributed by atoms with Crippen LogP contribution in [0, 0.1) is 0 Å². The summed E-state index contributed by atoms with van der Waals surface area (Å²) in [7, 11) is 0. The van der Waals surface area contributed by atoms with Gasteiger partial charge in [-0.2, -0.15) is 0 Å². The summed E-state index contributed by atoms with van der Waals surface area (Å²) in [5.74, 6) is -1.06. The van der Waals surface area contributed by atoms with Crippen LogP contribution in [0.15, 0.2) is 109 Å². The average Bonchev–Trinajstić information content (AvgIpc) is 3.37. The van der Waals surface area contributed by atoms with Crippen molar-refractivity contribution >= 4 is 17.9 Å². The summed E-state index contributed by atoms with van der Waals surface area (Å²) in [4.78, 5) is 38.1. The molecule has 0 rings (SSSR count). The molecule has 0 radical (unpaired) electrons. The molecule has 0 aliphatic rings. The molecule has 0 aliphatic carbocycles. The van der Waals surface area contributed by atoms with Crippen LogP contribution in [0.1, 0.15) is 265 Å². The third-order valence-corrected chi connectivity index (χ3v) is 12.3. The summed E-state index contributed by atoms with van der Waals surface area (Å²) in [5.41, 5.74) is 0. The van der Waals surface area contributed by atoms with E-state index in [0.717, 1.165) is 70.6 Å². The van der Waals surface area contributed by atoms with Crippen molar-refractivity contribution in [1.82, 2.24) is 0 Å². The lowest BCUT2D eigenvalue weighted by atomic mass is 10.0. The van der Waals surface area contributed by atoms with Crippen molar-refractivity contribution in [3.63, 3.8) is 0 Å². The van der Waals surface area contributed by atoms with Crippen LogP contribution in [0.25, 0.3) is 0 Å². The van der Waals surface area contributed by atoms with Gasteiger partial charge in [-0.15, -0.1) is 0 Å². The summed E-state index contributed by atoms with van der Waals surface area (Å²) in [5, 5.41) is 0. The van der Waals surface area contributed by atoms with Crippen LogP contribution in [-0.2, 0) is 28.6 Å². The number of carbonyl (C=O) groups is 3. The van der Waals surface area contributed by atoms with Crippen molar-refractivity contribution in [2.45, 2.75) is 271 Å². The first kappa shape index (κ1) is 67.1. The Morgan fingerprint density at radius 3 is 0.915 bits per heavy atom. The fourth-order valence-corrected chi connectivity index (χ4v) is 7.83. The number of hydrogen-bond donors (Lipinski definition) is 0. The lowest BCUT2D eigenvalue weighted by Crippen LogP contribution is -2.30. The van der Waals surface area contributed by atoms with Crippen LogP contribution in [-0.4, -0.2) is 37.2 Å². The van der Waals surface area contributed by atoms with E-state index in [1.54, 1.807) is 0 Å². The zero-order valence-electron chi connectivity index (χ0n) is 46.2. The Hall–Kier alpha value is -3.93. The minimum Gasteiger partial charge on any atom is -0.462 e. The second kappa shape index (κ2) is 58.6. The predicted octanol–water partition coefficient (Wildman–Crippen LogP) is 19.9. The molecule has 0 fully saturated rings. The average molecular weight is 986 g/mol. The van der Waals surface area contributed by atoms with Crippen LogP contribution in [0.5, 0.6) is 0 Å². The van der Waals surface area contributed by atoms with E-state index < -0.39 is 6.10 Å². The first-order valence-corrected chi connectivity index (χ1v) is 29.4. The standard InChI is InChI=1S/C65H108O6/c1-4-7-10-13-16-19-22-25-28-31-32-35-37-40-43-46-49-52-55-58-64(67)70-61-62(71-65(68)59-56-53-50-47-44-41-38-34-30-27-24-21-18-15-12-9-6-3)60-69-63(66)57-54-51-48-45-42-39-36-33-29-26-23-20-17-14-11-8-5-2/h16,18-19,21,25,27-28,30,32,35,38,40-41,43,47,49-50,52,62H,4-15,17,20,22-24,26,29,31,33-34,36-37,39,42,44-46,48,51,53-61H2,1-3H3/b19-16-,21-18-,28-25-,30-27-,35-32-,41-38-,43-40-,50-47-,52-49-/t62-/m0/s1. The number of hydrogen-bond acceptors (Lipinski definition) is 6. The van der Waals surface area contributed by atoms with E-state index in [1.807, 2.05) is 6.08 Å². The molecule has 1 atom stereocenters. The predicted molar refractivity (Wildman–Crippen MR) is 307 cm³/mol. The zero-order valence-corrected chi connectivity index (χ0v) is 46.2. The number of ether oxygens (including phenoxy) is 3. The lowest BCUT2D eigenvalue weighted by molar-refractivity contribution is -0.166. The minimum atomic E-state index is -0.837. The van der Waals surface area contributed by atoms with E-state index in [0.29, 0.717) is 19.3 Å². The van der Waals surface area contributed by atoms with E-state index in [9.17, 15) is 14.4 Å². The highest BCUT2D eigenvalue weighted by molar-refractivity contribution is 5.71. The van der Waals surface area contributed by atoms with Crippen molar-refractivity contribution in [2.75, 3.05) is 13.2 Å². The van der Waals surface area contributed by atoms with Crippen molar-refractivity contribution < 1.29 is 28.6 Å². The second-order valence-corrected chi connectivity index (χ2v) is 19.2. The molecular weight excluding hydrogens is 877 g/mol. The third-order valence-electron chi connectivity index (χ3n) is 12.3. The van der Waals surface area contributed by atoms with Crippen molar-refractivity contribution in [3.05, 3.63) is 109 Å². The molecule has 6 heteroatoms. The highest BCUT2D eigenvalue weighted by atomic mass is 16.6. The Labute approximate surface area is 438 Å². The van der Waals surface area contributed by atoms with E-state index in [2.05, 4.69) is 124 Å². The molecular formula is C65H108O6. The Balaban J connectivity index is 4.57. The maximum Gasteiger partial charge on any atom is 0.306 e. The molecule has 0 aromatic rings. The SMILES string of the molecule is CCCCC/C=C\C/C=C\C/C=C\C/C=C\C/C=C\CCC(=O)OC[C@H](COC(=O)CCCCCCCCCCCCCCCCCCC)OC(=O)CCC/C=C\C/C=C\C/C=C\C/C=C\CCCCC. The molecule has 0 saturated heterocycles. The van der Waals surface area contributed by atoms with E-state index in [1.165, 1.54) is 141 Å². The first-order valence-electron chi connectivity index (χ1n) is 29.4. The Bertz CT molecular complexity index is 1460. The summed E-state index contributed by atoms with van der Waals surface area (Å²) >= 11 is 0. The first-order chi connectivity index (χ1) is 35.0. The summed E-state index contributed by atoms with van der Waals surface area (Å²) in [6.07, 6.45) is 79.5. The molecule has 71 heavy (non-hydrogen) atoms. The molecule has 0 aromatic heterocycles. The smallest absolute Gasteiger partial charge is 0.306 e. The monoisotopic (exact) mass is 985 g/mol. The molecule has 0 aliphatic heterocycles. The van der Waals surface area contributed by atoms with Gasteiger partial charge in [0, 0.05) is 19.3 Å². The third kappa shape index (κ3) is 56.9. The Kier molecular flexibility index (Phi) is 55.4. The zero-order chi connectivity index (χ0) is 51.4. The van der Waals surface area contributed by atoms with Crippen LogP contribution in [0.3, 0.4) is 0 Å². The molecule has 0 heterocycles. The summed E-state index contributed by atoms with van der Waals surface area (Å²) < 4.78 is 16.8. The molecule has 404 valence electrons. The van der Waals surface area contributed by atoms with Gasteiger partial charge in [-0.25, -0.2) is 0 Å². The minimum absolute atomic E-state index is 0.122. The molecule has 0 amide bonds. The fraction of sp³-hybridized carbons (Fsp3) is 0.677. The molecule has 0 N–H and O–H groups in total. The number of allylic oxidation sites excluding steroid dienone is 18. The number of rotatable bonds is 52. The number of carbonyl (C=O) groups excluding carboxylic acids is 3. The van der Waals surface area contributed by atoms with Gasteiger partial charge in [-0.1, -0.05) is 259 Å². The molecule has 0 spiro atoms. The Morgan fingerprint density at radius 2 is 0.549 bits per heavy atom. The molecule has 0 aromatic carbocycles. The van der Waals surface area contributed by atoms with Gasteiger partial charge in [0.2, 0.25) is 0 Å². The van der Waals surface area contributed by atoms with Gasteiger partial charge >= 0.3 is 17.9 Å². The molecule has 6 nitrogen and oxygen atoms in total. The van der Waals surface area contributed by atoms with Crippen LogP contribution in [0.4, 0.5) is 0 Å². The van der Waals surface area contributed by atoms with Gasteiger partial charge in [0.1, 0.15) is 13.2 Å². The molecule has 0 unspecified atom stereocenters. The van der Waals surface area contributed by atoms with Gasteiger partial charge in [0.25, 0.3) is 0 Å².